The number of aryl methyl sites for hydroxylation is 1. The molecule has 3 rings (SSSR count). The minimum Gasteiger partial charge on any atom is -0.320 e. The molecule has 3 aromatic carbocycles. The molecular weight excluding hydrogens is 329 g/mol. The lowest BCUT2D eigenvalue weighted by Gasteiger charge is -2.18. The molecular formula is C18H15BrFN. The van der Waals surface area contributed by atoms with Gasteiger partial charge in [-0.25, -0.2) is 4.39 Å². The van der Waals surface area contributed by atoms with E-state index in [1.165, 1.54) is 6.07 Å². The smallest absolute Gasteiger partial charge is 0.131 e. The van der Waals surface area contributed by atoms with E-state index >= 15 is 0 Å². The predicted octanol–water partition coefficient (Wildman–Crippen LogP) is 5.10. The van der Waals surface area contributed by atoms with Crippen LogP contribution >= 0.6 is 15.9 Å². The van der Waals surface area contributed by atoms with E-state index in [4.69, 9.17) is 5.73 Å². The van der Waals surface area contributed by atoms with Gasteiger partial charge in [0.25, 0.3) is 0 Å². The highest BCUT2D eigenvalue weighted by Gasteiger charge is 2.15. The van der Waals surface area contributed by atoms with Crippen molar-refractivity contribution < 1.29 is 4.39 Å². The Morgan fingerprint density at radius 1 is 0.952 bits per heavy atom. The third-order valence-electron chi connectivity index (χ3n) is 3.81. The minimum atomic E-state index is -0.274. The summed E-state index contributed by atoms with van der Waals surface area (Å²) in [6.45, 7) is 2.03. The van der Waals surface area contributed by atoms with Crippen LogP contribution in [0.1, 0.15) is 22.7 Å². The summed E-state index contributed by atoms with van der Waals surface area (Å²) in [6, 6.07) is 16.5. The predicted molar refractivity (Wildman–Crippen MR) is 88.8 cm³/mol. The number of fused-ring (bicyclic) bond motifs is 1. The molecule has 1 nitrogen and oxygen atoms in total. The second-order valence-corrected chi connectivity index (χ2v) is 6.08. The number of nitrogens with two attached hydrogens (primary N) is 1. The summed E-state index contributed by atoms with van der Waals surface area (Å²) >= 11 is 3.46. The van der Waals surface area contributed by atoms with Gasteiger partial charge in [0.15, 0.2) is 0 Å². The molecule has 3 aromatic rings. The summed E-state index contributed by atoms with van der Waals surface area (Å²) in [5, 5.41) is 1.48. The first-order chi connectivity index (χ1) is 10.1. The van der Waals surface area contributed by atoms with E-state index in [9.17, 15) is 4.39 Å². The Kier molecular flexibility index (Phi) is 3.79. The van der Waals surface area contributed by atoms with Crippen LogP contribution in [-0.2, 0) is 0 Å². The van der Waals surface area contributed by atoms with Crippen molar-refractivity contribution in [1.29, 1.82) is 0 Å². The highest BCUT2D eigenvalue weighted by atomic mass is 79.9. The summed E-state index contributed by atoms with van der Waals surface area (Å²) < 4.78 is 14.9. The molecule has 1 atom stereocenters. The Labute approximate surface area is 131 Å². The molecule has 0 saturated carbocycles. The molecule has 0 aliphatic heterocycles. The largest absolute Gasteiger partial charge is 0.320 e. The first-order valence-electron chi connectivity index (χ1n) is 6.76. The van der Waals surface area contributed by atoms with Crippen molar-refractivity contribution in [3.05, 3.63) is 81.6 Å². The molecule has 2 N–H and O–H groups in total. The fourth-order valence-electron chi connectivity index (χ4n) is 2.71. The van der Waals surface area contributed by atoms with Crippen molar-refractivity contribution >= 4 is 26.7 Å². The minimum absolute atomic E-state index is 0.214. The molecule has 3 heteroatoms. The van der Waals surface area contributed by atoms with Gasteiger partial charge in [0, 0.05) is 9.86 Å². The molecule has 0 fully saturated rings. The number of rotatable bonds is 2. The number of hydrogen-bond acceptors (Lipinski definition) is 1. The van der Waals surface area contributed by atoms with Gasteiger partial charge in [0.1, 0.15) is 5.82 Å². The molecule has 0 radical (unpaired) electrons. The van der Waals surface area contributed by atoms with Crippen molar-refractivity contribution in [3.8, 4) is 0 Å². The van der Waals surface area contributed by atoms with Crippen molar-refractivity contribution in [3.63, 3.8) is 0 Å². The van der Waals surface area contributed by atoms with Gasteiger partial charge in [0.2, 0.25) is 0 Å². The molecule has 0 aromatic heterocycles. The zero-order chi connectivity index (χ0) is 15.0. The zero-order valence-electron chi connectivity index (χ0n) is 11.6. The lowest BCUT2D eigenvalue weighted by Crippen LogP contribution is -2.14. The van der Waals surface area contributed by atoms with Gasteiger partial charge in [0.05, 0.1) is 6.04 Å². The first-order valence-corrected chi connectivity index (χ1v) is 7.56. The van der Waals surface area contributed by atoms with Crippen LogP contribution in [0.25, 0.3) is 10.8 Å². The van der Waals surface area contributed by atoms with Gasteiger partial charge in [-0.2, -0.15) is 0 Å². The monoisotopic (exact) mass is 343 g/mol. The van der Waals surface area contributed by atoms with Crippen LogP contribution in [0.3, 0.4) is 0 Å². The number of hydrogen-bond donors (Lipinski definition) is 1. The molecule has 0 aliphatic rings. The van der Waals surface area contributed by atoms with Crippen molar-refractivity contribution in [2.75, 3.05) is 0 Å². The number of benzene rings is 3. The van der Waals surface area contributed by atoms with Gasteiger partial charge in [-0.05, 0) is 47.2 Å². The first kappa shape index (κ1) is 14.2. The summed E-state index contributed by atoms with van der Waals surface area (Å²) in [5.41, 5.74) is 9.55. The van der Waals surface area contributed by atoms with Crippen LogP contribution in [-0.4, -0.2) is 0 Å². The van der Waals surface area contributed by atoms with Crippen LogP contribution in [0.4, 0.5) is 4.39 Å². The van der Waals surface area contributed by atoms with Gasteiger partial charge in [-0.1, -0.05) is 52.3 Å². The maximum absolute atomic E-state index is 13.9. The van der Waals surface area contributed by atoms with Crippen molar-refractivity contribution in [2.24, 2.45) is 5.73 Å². The summed E-state index contributed by atoms with van der Waals surface area (Å²) in [7, 11) is 0. The highest BCUT2D eigenvalue weighted by molar-refractivity contribution is 9.10. The van der Waals surface area contributed by atoms with Gasteiger partial charge >= 0.3 is 0 Å². The molecule has 0 bridgehead atoms. The Hall–Kier alpha value is -1.71. The Bertz CT molecular complexity index is 813. The molecule has 0 amide bonds. The van der Waals surface area contributed by atoms with Crippen LogP contribution in [0.5, 0.6) is 0 Å². The topological polar surface area (TPSA) is 26.0 Å². The molecule has 21 heavy (non-hydrogen) atoms. The van der Waals surface area contributed by atoms with Crippen molar-refractivity contribution in [2.45, 2.75) is 13.0 Å². The van der Waals surface area contributed by atoms with Gasteiger partial charge in [-0.15, -0.1) is 0 Å². The lowest BCUT2D eigenvalue weighted by atomic mass is 9.92. The van der Waals surface area contributed by atoms with E-state index in [2.05, 4.69) is 15.9 Å². The Morgan fingerprint density at radius 3 is 2.33 bits per heavy atom. The molecule has 0 heterocycles. The SMILES string of the molecule is Cc1cc(Br)ccc1C(N)c1ccc(F)c2ccccc12. The number of halogens is 2. The third kappa shape index (κ3) is 2.59. The second-order valence-electron chi connectivity index (χ2n) is 5.16. The fourth-order valence-corrected chi connectivity index (χ4v) is 3.19. The molecule has 1 unspecified atom stereocenters. The molecule has 0 spiro atoms. The van der Waals surface area contributed by atoms with Gasteiger partial charge < -0.3 is 5.73 Å². The third-order valence-corrected chi connectivity index (χ3v) is 4.30. The van der Waals surface area contributed by atoms with E-state index in [1.54, 1.807) is 12.1 Å². The van der Waals surface area contributed by atoms with Crippen molar-refractivity contribution in [1.82, 2.24) is 0 Å². The summed E-state index contributed by atoms with van der Waals surface area (Å²) in [5.74, 6) is -0.214. The van der Waals surface area contributed by atoms with E-state index in [1.807, 2.05) is 43.3 Å². The Balaban J connectivity index is 2.18. The lowest BCUT2D eigenvalue weighted by molar-refractivity contribution is 0.639. The van der Waals surface area contributed by atoms with Gasteiger partial charge in [-0.3, -0.25) is 0 Å². The summed E-state index contributed by atoms with van der Waals surface area (Å²) in [4.78, 5) is 0. The van der Waals surface area contributed by atoms with E-state index in [0.29, 0.717) is 5.39 Å². The van der Waals surface area contributed by atoms with Crippen LogP contribution < -0.4 is 5.73 Å². The average Bonchev–Trinajstić information content (AvgIpc) is 2.47. The maximum atomic E-state index is 13.9. The fraction of sp³-hybridized carbons (Fsp3) is 0.111. The maximum Gasteiger partial charge on any atom is 0.131 e. The standard InChI is InChI=1S/C18H15BrFN/c1-11-10-12(19)6-7-13(11)18(21)16-8-9-17(20)15-5-3-2-4-14(15)16/h2-10,18H,21H2,1H3. The highest BCUT2D eigenvalue weighted by Crippen LogP contribution is 2.31. The normalized spacial score (nSPS) is 12.6. The zero-order valence-corrected chi connectivity index (χ0v) is 13.2. The van der Waals surface area contributed by atoms with E-state index < -0.39 is 0 Å². The van der Waals surface area contributed by atoms with Crippen LogP contribution in [0.2, 0.25) is 0 Å². The Morgan fingerprint density at radius 2 is 1.62 bits per heavy atom. The molecule has 0 saturated heterocycles. The molecule has 0 aliphatic carbocycles. The average molecular weight is 344 g/mol. The quantitative estimate of drug-likeness (QED) is 0.688. The second kappa shape index (κ2) is 5.58. The summed E-state index contributed by atoms with van der Waals surface area (Å²) in [6.07, 6.45) is 0. The van der Waals surface area contributed by atoms with Crippen LogP contribution in [0.15, 0.2) is 59.1 Å². The van der Waals surface area contributed by atoms with E-state index in [0.717, 1.165) is 26.5 Å². The molecule has 106 valence electrons. The van der Waals surface area contributed by atoms with Crippen LogP contribution in [0, 0.1) is 12.7 Å². The van der Waals surface area contributed by atoms with E-state index in [-0.39, 0.29) is 11.9 Å².